The van der Waals surface area contributed by atoms with Crippen LogP contribution in [0.25, 0.3) is 0 Å². The number of fused-ring (bicyclic) bond motifs is 3. The van der Waals surface area contributed by atoms with Gasteiger partial charge in [0.15, 0.2) is 0 Å². The van der Waals surface area contributed by atoms with Crippen molar-refractivity contribution >= 4 is 10.0 Å². The third-order valence-electron chi connectivity index (χ3n) is 8.51. The average molecular weight is 470 g/mol. The van der Waals surface area contributed by atoms with Gasteiger partial charge in [0.05, 0.1) is 12.0 Å². The molecule has 0 aromatic heterocycles. The van der Waals surface area contributed by atoms with Gasteiger partial charge in [0.1, 0.15) is 5.75 Å². The summed E-state index contributed by atoms with van der Waals surface area (Å²) in [5, 5.41) is 0. The quantitative estimate of drug-likeness (QED) is 0.555. The Morgan fingerprint density at radius 2 is 1.88 bits per heavy atom. The summed E-state index contributed by atoms with van der Waals surface area (Å²) in [4.78, 5) is 0.304. The lowest BCUT2D eigenvalue weighted by Crippen LogP contribution is -2.53. The lowest BCUT2D eigenvalue weighted by molar-refractivity contribution is 0.0299. The first kappa shape index (κ1) is 24.3. The molecular formula is C28H39NO3S. The van der Waals surface area contributed by atoms with Crippen LogP contribution in [0.15, 0.2) is 41.3 Å². The van der Waals surface area contributed by atoms with Crippen molar-refractivity contribution < 1.29 is 13.2 Å². The van der Waals surface area contributed by atoms with Crippen LogP contribution in [-0.4, -0.2) is 22.1 Å². The van der Waals surface area contributed by atoms with E-state index in [-0.39, 0.29) is 10.8 Å². The maximum Gasteiger partial charge on any atom is 0.240 e. The van der Waals surface area contributed by atoms with Crippen molar-refractivity contribution in [3.8, 4) is 5.75 Å². The molecular weight excluding hydrogens is 430 g/mol. The fourth-order valence-electron chi connectivity index (χ4n) is 6.58. The van der Waals surface area contributed by atoms with Crippen LogP contribution in [0.2, 0.25) is 0 Å². The molecule has 2 aromatic carbocycles. The van der Waals surface area contributed by atoms with Gasteiger partial charge in [0, 0.05) is 6.54 Å². The van der Waals surface area contributed by atoms with Gasteiger partial charge in [-0.25, -0.2) is 13.1 Å². The van der Waals surface area contributed by atoms with Gasteiger partial charge in [-0.15, -0.1) is 0 Å². The zero-order chi connectivity index (χ0) is 24.0. The van der Waals surface area contributed by atoms with E-state index in [0.29, 0.717) is 29.0 Å². The van der Waals surface area contributed by atoms with Crippen molar-refractivity contribution in [2.45, 2.75) is 83.0 Å². The summed E-state index contributed by atoms with van der Waals surface area (Å²) >= 11 is 0. The Balaban J connectivity index is 1.58. The molecule has 0 spiro atoms. The Labute approximate surface area is 200 Å². The molecule has 2 aromatic rings. The first-order valence-electron chi connectivity index (χ1n) is 12.3. The van der Waals surface area contributed by atoms with Gasteiger partial charge in [0.2, 0.25) is 10.0 Å². The minimum Gasteiger partial charge on any atom is -0.496 e. The van der Waals surface area contributed by atoms with E-state index in [1.807, 2.05) is 6.92 Å². The molecule has 1 saturated carbocycles. The number of methoxy groups -OCH3 is 1. The number of benzene rings is 2. The minimum atomic E-state index is -3.58. The summed E-state index contributed by atoms with van der Waals surface area (Å²) in [6.07, 6.45) is 5.54. The fraction of sp³-hybridized carbons (Fsp3) is 0.571. The molecule has 0 unspecified atom stereocenters. The van der Waals surface area contributed by atoms with Crippen molar-refractivity contribution in [2.75, 3.05) is 13.7 Å². The van der Waals surface area contributed by atoms with Gasteiger partial charge in [-0.2, -0.15) is 0 Å². The second-order valence-corrected chi connectivity index (χ2v) is 12.8. The third kappa shape index (κ3) is 4.35. The molecule has 0 radical (unpaired) electrons. The van der Waals surface area contributed by atoms with Crippen molar-refractivity contribution in [3.63, 3.8) is 0 Å². The largest absolute Gasteiger partial charge is 0.496 e. The zero-order valence-electron chi connectivity index (χ0n) is 21.0. The molecule has 0 aliphatic heterocycles. The zero-order valence-corrected chi connectivity index (χ0v) is 21.8. The molecule has 2 aliphatic rings. The topological polar surface area (TPSA) is 55.4 Å². The van der Waals surface area contributed by atoms with Crippen LogP contribution < -0.4 is 9.46 Å². The second kappa shape index (κ2) is 8.74. The summed E-state index contributed by atoms with van der Waals surface area (Å²) in [6.45, 7) is 11.6. The lowest BCUT2D eigenvalue weighted by atomic mass is 9.50. The van der Waals surface area contributed by atoms with Gasteiger partial charge in [-0.3, -0.25) is 0 Å². The van der Waals surface area contributed by atoms with E-state index in [0.717, 1.165) is 31.2 Å². The Morgan fingerprint density at radius 1 is 1.12 bits per heavy atom. The highest BCUT2D eigenvalue weighted by Crippen LogP contribution is 2.57. The van der Waals surface area contributed by atoms with Crippen LogP contribution in [0.1, 0.15) is 81.5 Å². The van der Waals surface area contributed by atoms with Gasteiger partial charge in [-0.05, 0) is 95.7 Å². The molecule has 180 valence electrons. The molecule has 3 atom stereocenters. The van der Waals surface area contributed by atoms with Gasteiger partial charge in [-0.1, -0.05) is 52.3 Å². The lowest BCUT2D eigenvalue weighted by Gasteiger charge is -2.55. The molecule has 1 N–H and O–H groups in total. The molecule has 0 saturated heterocycles. The van der Waals surface area contributed by atoms with Gasteiger partial charge < -0.3 is 4.74 Å². The average Bonchev–Trinajstić information content (AvgIpc) is 2.77. The van der Waals surface area contributed by atoms with Crippen molar-refractivity contribution in [2.24, 2.45) is 11.3 Å². The summed E-state index contributed by atoms with van der Waals surface area (Å²) < 4.78 is 34.6. The number of sulfonamides is 1. The monoisotopic (exact) mass is 469 g/mol. The van der Waals surface area contributed by atoms with Gasteiger partial charge in [0.25, 0.3) is 0 Å². The highest BCUT2D eigenvalue weighted by atomic mass is 32.2. The predicted octanol–water partition coefficient (Wildman–Crippen LogP) is 6.12. The second-order valence-electron chi connectivity index (χ2n) is 11.0. The summed E-state index contributed by atoms with van der Waals surface area (Å²) in [5.41, 5.74) is 5.24. The first-order chi connectivity index (χ1) is 15.5. The highest BCUT2D eigenvalue weighted by molar-refractivity contribution is 7.89. The van der Waals surface area contributed by atoms with Crippen LogP contribution in [0.3, 0.4) is 0 Å². The normalized spacial score (nSPS) is 27.2. The van der Waals surface area contributed by atoms with E-state index in [1.54, 1.807) is 25.3 Å². The molecule has 0 heterocycles. The Morgan fingerprint density at radius 3 is 2.55 bits per heavy atom. The molecule has 0 amide bonds. The van der Waals surface area contributed by atoms with E-state index in [1.165, 1.54) is 23.1 Å². The number of ether oxygens (including phenoxy) is 1. The molecule has 4 rings (SSSR count). The number of aryl methyl sites for hydroxylation is 2. The maximum atomic E-state index is 13.2. The smallest absolute Gasteiger partial charge is 0.240 e. The van der Waals surface area contributed by atoms with Crippen LogP contribution in [0.4, 0.5) is 0 Å². The fourth-order valence-corrected chi connectivity index (χ4v) is 7.84. The van der Waals surface area contributed by atoms with Crippen LogP contribution >= 0.6 is 0 Å². The number of hydrogen-bond acceptors (Lipinski definition) is 3. The summed E-state index contributed by atoms with van der Waals surface area (Å²) in [7, 11) is -1.99. The SMILES string of the molecule is COc1ccc(S(=O)(=O)NC[C@@]2(C)CCC[C@]3(C)c4ccc(C(C)C)cc4CC[C@@H]23)cc1C. The van der Waals surface area contributed by atoms with Crippen LogP contribution in [0.5, 0.6) is 5.75 Å². The Bertz CT molecular complexity index is 1140. The van der Waals surface area contributed by atoms with E-state index in [2.05, 4.69) is 50.6 Å². The number of nitrogens with one attached hydrogen (secondary N) is 1. The molecule has 5 heteroatoms. The standard InChI is InChI=1S/C28H39NO3S/c1-19(2)21-8-11-24-22(17-21)9-13-26-27(4,14-7-15-28(24,26)5)18-29-33(30,31)23-10-12-25(32-6)20(3)16-23/h8,10-12,16-17,19,26,29H,7,9,13-15,18H2,1-6H3/t26-,27+,28+/m0/s1. The highest BCUT2D eigenvalue weighted by Gasteiger charge is 2.51. The first-order valence-corrected chi connectivity index (χ1v) is 13.8. The maximum absolute atomic E-state index is 13.2. The minimum absolute atomic E-state index is 0.0734. The number of rotatable bonds is 6. The number of hydrogen-bond donors (Lipinski definition) is 1. The van der Waals surface area contributed by atoms with Crippen LogP contribution in [-0.2, 0) is 21.9 Å². The van der Waals surface area contributed by atoms with Crippen LogP contribution in [0, 0.1) is 18.3 Å². The van der Waals surface area contributed by atoms with Crippen molar-refractivity contribution in [3.05, 3.63) is 58.7 Å². The Kier molecular flexibility index (Phi) is 6.43. The van der Waals surface area contributed by atoms with Crippen molar-refractivity contribution in [1.82, 2.24) is 4.72 Å². The predicted molar refractivity (Wildman–Crippen MR) is 135 cm³/mol. The van der Waals surface area contributed by atoms with Crippen molar-refractivity contribution in [1.29, 1.82) is 0 Å². The molecule has 33 heavy (non-hydrogen) atoms. The third-order valence-corrected chi connectivity index (χ3v) is 9.91. The van der Waals surface area contributed by atoms with E-state index in [9.17, 15) is 8.42 Å². The molecule has 2 aliphatic carbocycles. The molecule has 4 nitrogen and oxygen atoms in total. The summed E-state index contributed by atoms with van der Waals surface area (Å²) in [5.74, 6) is 1.69. The van der Waals surface area contributed by atoms with Gasteiger partial charge >= 0.3 is 0 Å². The Hall–Kier alpha value is -1.85. The van der Waals surface area contributed by atoms with E-state index < -0.39 is 10.0 Å². The van der Waals surface area contributed by atoms with E-state index in [4.69, 9.17) is 4.74 Å². The molecule has 0 bridgehead atoms. The van der Waals surface area contributed by atoms with E-state index >= 15 is 0 Å². The summed E-state index contributed by atoms with van der Waals surface area (Å²) in [6, 6.07) is 12.1. The molecule has 1 fully saturated rings.